The standard InChI is InChI=1S/C34H53ClN6O4/c1-5-6-7-8-9-10-11-12-13-14-15-16-17-18-23-45-33(44)36-22-21-28(43)37-25-19-20-27(42)26(24-25)31-38-32-29(35)30(34(2,3)4)39-41(32)40-31/h19-20,24,42H,5-18,21-23H2,1-4H3,(H,36,44)(H,37,43)(H,38,40). The Kier molecular flexibility index (Phi) is 15.0. The first kappa shape index (κ1) is 36.2. The Bertz CT molecular complexity index is 1350. The predicted molar refractivity (Wildman–Crippen MR) is 181 cm³/mol. The van der Waals surface area contributed by atoms with Crippen LogP contribution in [0.15, 0.2) is 18.2 Å². The van der Waals surface area contributed by atoms with Crippen molar-refractivity contribution in [2.75, 3.05) is 18.5 Å². The molecule has 0 atom stereocenters. The van der Waals surface area contributed by atoms with Gasteiger partial charge in [0, 0.05) is 24.1 Å². The first-order valence-electron chi connectivity index (χ1n) is 16.8. The first-order valence-corrected chi connectivity index (χ1v) is 17.2. The second kappa shape index (κ2) is 18.6. The molecule has 0 fully saturated rings. The molecule has 2 heterocycles. The molecule has 2 amide bonds. The van der Waals surface area contributed by atoms with Gasteiger partial charge in [-0.05, 0) is 24.6 Å². The maximum atomic E-state index is 12.5. The number of benzene rings is 1. The van der Waals surface area contributed by atoms with Gasteiger partial charge >= 0.3 is 6.09 Å². The number of phenols is 1. The third-order valence-corrected chi connectivity index (χ3v) is 8.20. The van der Waals surface area contributed by atoms with Crippen molar-refractivity contribution in [1.29, 1.82) is 0 Å². The normalized spacial score (nSPS) is 11.7. The number of unbranched alkanes of at least 4 members (excludes halogenated alkanes) is 13. The zero-order chi connectivity index (χ0) is 32.7. The van der Waals surface area contributed by atoms with Crippen molar-refractivity contribution in [3.8, 4) is 17.1 Å². The smallest absolute Gasteiger partial charge is 0.407 e. The summed E-state index contributed by atoms with van der Waals surface area (Å²) in [4.78, 5) is 27.6. The van der Waals surface area contributed by atoms with Gasteiger partial charge in [-0.25, -0.2) is 4.79 Å². The van der Waals surface area contributed by atoms with Gasteiger partial charge in [-0.3, -0.25) is 4.79 Å². The molecule has 0 unspecified atom stereocenters. The van der Waals surface area contributed by atoms with E-state index in [1.165, 1.54) is 87.7 Å². The second-order valence-electron chi connectivity index (χ2n) is 12.9. The van der Waals surface area contributed by atoms with Crippen LogP contribution in [0.25, 0.3) is 17.0 Å². The Morgan fingerprint density at radius 3 is 2.11 bits per heavy atom. The molecular weight excluding hydrogens is 592 g/mol. The van der Waals surface area contributed by atoms with E-state index in [1.54, 1.807) is 12.1 Å². The van der Waals surface area contributed by atoms with Crippen molar-refractivity contribution in [1.82, 2.24) is 25.1 Å². The number of nitrogens with one attached hydrogen (secondary N) is 3. The number of halogens is 1. The molecule has 0 saturated carbocycles. The van der Waals surface area contributed by atoms with Crippen molar-refractivity contribution in [3.05, 3.63) is 28.9 Å². The van der Waals surface area contributed by atoms with E-state index in [4.69, 9.17) is 16.3 Å². The topological polar surface area (TPSA) is 134 Å². The van der Waals surface area contributed by atoms with Crippen LogP contribution in [0.5, 0.6) is 5.75 Å². The number of hydrogen-bond acceptors (Lipinski definition) is 6. The Morgan fingerprint density at radius 1 is 0.933 bits per heavy atom. The number of aromatic hydroxyl groups is 1. The van der Waals surface area contributed by atoms with Crippen molar-refractivity contribution >= 4 is 34.9 Å². The number of H-pyrrole nitrogens is 1. The van der Waals surface area contributed by atoms with E-state index < -0.39 is 6.09 Å². The van der Waals surface area contributed by atoms with Crippen LogP contribution in [0.4, 0.5) is 10.5 Å². The molecule has 0 aliphatic rings. The molecule has 0 spiro atoms. The highest BCUT2D eigenvalue weighted by molar-refractivity contribution is 6.34. The zero-order valence-corrected chi connectivity index (χ0v) is 28.4. The summed E-state index contributed by atoms with van der Waals surface area (Å²) in [6.07, 6.45) is 17.4. The minimum atomic E-state index is -0.513. The molecule has 10 nitrogen and oxygen atoms in total. The Labute approximate surface area is 273 Å². The number of aromatic amines is 1. The second-order valence-corrected chi connectivity index (χ2v) is 13.3. The number of ether oxygens (including phenoxy) is 1. The molecule has 3 aromatic rings. The van der Waals surface area contributed by atoms with Gasteiger partial charge < -0.3 is 25.5 Å². The molecule has 11 heteroatoms. The van der Waals surface area contributed by atoms with Crippen molar-refractivity contribution in [2.24, 2.45) is 0 Å². The molecule has 4 N–H and O–H groups in total. The van der Waals surface area contributed by atoms with E-state index in [-0.39, 0.29) is 30.0 Å². The SMILES string of the molecule is CCCCCCCCCCCCCCCCOC(=O)NCCC(=O)Nc1ccc(O)c(-c2nn3nc(C(C)(C)C)c(Cl)c3[nH]2)c1. The molecule has 0 radical (unpaired) electrons. The molecule has 45 heavy (non-hydrogen) atoms. The van der Waals surface area contributed by atoms with Crippen LogP contribution in [0, 0.1) is 0 Å². The summed E-state index contributed by atoms with van der Waals surface area (Å²) in [5.74, 6) is 0.0584. The fourth-order valence-corrected chi connectivity index (χ4v) is 5.66. The molecule has 0 bridgehead atoms. The molecule has 0 saturated heterocycles. The number of alkyl carbamates (subject to hydrolysis) is 1. The molecule has 0 aliphatic carbocycles. The Hall–Kier alpha value is -3.27. The minimum absolute atomic E-state index is 0.0135. The lowest BCUT2D eigenvalue weighted by molar-refractivity contribution is -0.116. The van der Waals surface area contributed by atoms with Gasteiger partial charge in [-0.2, -0.15) is 5.10 Å². The number of carbonyl (C=O) groups is 2. The summed E-state index contributed by atoms with van der Waals surface area (Å²) in [5.41, 5.74) is 1.84. The summed E-state index contributed by atoms with van der Waals surface area (Å²) < 4.78 is 6.65. The molecular formula is C34H53ClN6O4. The van der Waals surface area contributed by atoms with Crippen LogP contribution in [0.2, 0.25) is 5.02 Å². The van der Waals surface area contributed by atoms with Crippen LogP contribution in [0.1, 0.15) is 130 Å². The lowest BCUT2D eigenvalue weighted by Crippen LogP contribution is -2.28. The number of anilines is 1. The van der Waals surface area contributed by atoms with Crippen LogP contribution in [-0.4, -0.2) is 50.1 Å². The van der Waals surface area contributed by atoms with E-state index >= 15 is 0 Å². The van der Waals surface area contributed by atoms with Crippen LogP contribution >= 0.6 is 11.6 Å². The third kappa shape index (κ3) is 12.2. The highest BCUT2D eigenvalue weighted by Crippen LogP contribution is 2.34. The lowest BCUT2D eigenvalue weighted by Gasteiger charge is -2.14. The number of amides is 2. The van der Waals surface area contributed by atoms with Crippen LogP contribution in [0.3, 0.4) is 0 Å². The molecule has 2 aromatic heterocycles. The minimum Gasteiger partial charge on any atom is -0.507 e. The monoisotopic (exact) mass is 644 g/mol. The predicted octanol–water partition coefficient (Wildman–Crippen LogP) is 8.92. The van der Waals surface area contributed by atoms with Crippen molar-refractivity contribution in [2.45, 2.75) is 129 Å². The maximum absolute atomic E-state index is 12.5. The first-order chi connectivity index (χ1) is 21.6. The average Bonchev–Trinajstić information content (AvgIpc) is 3.55. The van der Waals surface area contributed by atoms with E-state index in [0.29, 0.717) is 40.0 Å². The van der Waals surface area contributed by atoms with Gasteiger partial charge in [0.1, 0.15) is 10.8 Å². The average molecular weight is 645 g/mol. The van der Waals surface area contributed by atoms with Gasteiger partial charge in [0.15, 0.2) is 11.5 Å². The molecule has 1 aromatic carbocycles. The summed E-state index contributed by atoms with van der Waals surface area (Å²) in [6.45, 7) is 8.83. The Morgan fingerprint density at radius 2 is 1.53 bits per heavy atom. The zero-order valence-electron chi connectivity index (χ0n) is 27.6. The van der Waals surface area contributed by atoms with Crippen LogP contribution in [-0.2, 0) is 14.9 Å². The highest BCUT2D eigenvalue weighted by atomic mass is 35.5. The van der Waals surface area contributed by atoms with Gasteiger partial charge in [-0.15, -0.1) is 9.73 Å². The number of nitrogens with zero attached hydrogens (tertiary/aromatic N) is 3. The lowest BCUT2D eigenvalue weighted by atomic mass is 9.92. The van der Waals surface area contributed by atoms with Crippen LogP contribution < -0.4 is 10.6 Å². The molecule has 0 aliphatic heterocycles. The van der Waals surface area contributed by atoms with E-state index in [0.717, 1.165) is 12.8 Å². The van der Waals surface area contributed by atoms with Gasteiger partial charge in [-0.1, -0.05) is 123 Å². The van der Waals surface area contributed by atoms with Gasteiger partial charge in [0.25, 0.3) is 0 Å². The summed E-state index contributed by atoms with van der Waals surface area (Å²) in [6, 6.07) is 4.68. The Balaban J connectivity index is 1.27. The maximum Gasteiger partial charge on any atom is 0.407 e. The molecule has 250 valence electrons. The number of carbonyl (C=O) groups excluding carboxylic acids is 2. The third-order valence-electron chi connectivity index (χ3n) is 7.84. The fourth-order valence-electron chi connectivity index (χ4n) is 5.22. The van der Waals surface area contributed by atoms with E-state index in [2.05, 4.69) is 32.7 Å². The molecule has 3 rings (SSSR count). The summed E-state index contributed by atoms with van der Waals surface area (Å²) >= 11 is 6.53. The fraction of sp³-hybridized carbons (Fsp3) is 0.647. The van der Waals surface area contributed by atoms with E-state index in [9.17, 15) is 14.7 Å². The quantitative estimate of drug-likeness (QED) is 0.0717. The van der Waals surface area contributed by atoms with E-state index in [1.807, 2.05) is 20.8 Å². The number of phenolic OH excluding ortho intramolecular Hbond substituents is 1. The number of hydrogen-bond donors (Lipinski definition) is 4. The summed E-state index contributed by atoms with van der Waals surface area (Å²) in [5, 5.41) is 25.2. The number of fused-ring (bicyclic) bond motifs is 1. The summed E-state index contributed by atoms with van der Waals surface area (Å²) in [7, 11) is 0. The van der Waals surface area contributed by atoms with Gasteiger partial charge in [0.2, 0.25) is 5.91 Å². The van der Waals surface area contributed by atoms with Gasteiger partial charge in [0.05, 0.1) is 17.9 Å². The number of rotatable bonds is 20. The highest BCUT2D eigenvalue weighted by Gasteiger charge is 2.25. The van der Waals surface area contributed by atoms with Crippen molar-refractivity contribution in [3.63, 3.8) is 0 Å². The largest absolute Gasteiger partial charge is 0.507 e. The van der Waals surface area contributed by atoms with Crippen molar-refractivity contribution < 1.29 is 19.4 Å². The number of aromatic nitrogens is 4.